The Bertz CT molecular complexity index is 591. The molecular weight excluding hydrogens is 302 g/mol. The predicted molar refractivity (Wildman–Crippen MR) is 76.4 cm³/mol. The zero-order valence-corrected chi connectivity index (χ0v) is 12.5. The van der Waals surface area contributed by atoms with Crippen LogP contribution in [0.25, 0.3) is 0 Å². The zero-order valence-electron chi connectivity index (χ0n) is 10.8. The van der Waals surface area contributed by atoms with Crippen LogP contribution in [-0.2, 0) is 17.8 Å². The summed E-state index contributed by atoms with van der Waals surface area (Å²) in [5.41, 5.74) is 0.742. The first-order valence-corrected chi connectivity index (χ1v) is 7.35. The smallest absolute Gasteiger partial charge is 0.264 e. The highest BCUT2D eigenvalue weighted by atomic mass is 32.2. The molecule has 0 amide bonds. The Kier molecular flexibility index (Phi) is 4.88. The lowest BCUT2D eigenvalue weighted by Gasteiger charge is -2.18. The van der Waals surface area contributed by atoms with Crippen LogP contribution in [0.1, 0.15) is 5.56 Å². The number of methoxy groups -OCH3 is 2. The number of ether oxygens (including phenoxy) is 2. The molecule has 1 aromatic heterocycles. The minimum absolute atomic E-state index is 0.172. The lowest BCUT2D eigenvalue weighted by Crippen LogP contribution is -2.24. The van der Waals surface area contributed by atoms with E-state index >= 15 is 0 Å². The Balaban J connectivity index is 2.29. The van der Waals surface area contributed by atoms with Crippen LogP contribution in [0.15, 0.2) is 24.5 Å². The van der Waals surface area contributed by atoms with Crippen molar-refractivity contribution < 1.29 is 18.2 Å². The molecule has 0 aliphatic heterocycles. The number of nitrogens with zero attached hydrogens (tertiary/aromatic N) is 3. The van der Waals surface area contributed by atoms with E-state index in [2.05, 4.69) is 9.36 Å². The second-order valence-corrected chi connectivity index (χ2v) is 5.33. The van der Waals surface area contributed by atoms with Gasteiger partial charge in [-0.3, -0.25) is 4.55 Å². The van der Waals surface area contributed by atoms with Gasteiger partial charge in [0.05, 0.1) is 20.8 Å². The molecule has 108 valence electrons. The summed E-state index contributed by atoms with van der Waals surface area (Å²) >= 11 is -1.15. The maximum Gasteiger partial charge on any atom is 0.264 e. The monoisotopic (exact) mass is 315 g/mol. The molecule has 0 saturated heterocycles. The molecule has 0 aliphatic carbocycles. The molecule has 0 fully saturated rings. The van der Waals surface area contributed by atoms with Crippen LogP contribution in [-0.4, -0.2) is 32.3 Å². The van der Waals surface area contributed by atoms with Gasteiger partial charge in [-0.05, 0) is 12.1 Å². The molecule has 1 aromatic carbocycles. The van der Waals surface area contributed by atoms with Gasteiger partial charge in [-0.2, -0.15) is 4.37 Å². The molecule has 20 heavy (non-hydrogen) atoms. The molecule has 2 aromatic rings. The summed E-state index contributed by atoms with van der Waals surface area (Å²) in [4.78, 5) is 3.94. The van der Waals surface area contributed by atoms with E-state index in [9.17, 15) is 8.76 Å². The van der Waals surface area contributed by atoms with Gasteiger partial charge >= 0.3 is 0 Å². The first-order chi connectivity index (χ1) is 9.65. The predicted octanol–water partition coefficient (Wildman–Crippen LogP) is 1.70. The van der Waals surface area contributed by atoms with E-state index in [-0.39, 0.29) is 6.54 Å². The van der Waals surface area contributed by atoms with Crippen LogP contribution in [0, 0.1) is 0 Å². The fourth-order valence-electron chi connectivity index (χ4n) is 1.60. The van der Waals surface area contributed by atoms with E-state index < -0.39 is 11.3 Å². The molecule has 0 radical (unpaired) electrons. The first kappa shape index (κ1) is 14.7. The summed E-state index contributed by atoms with van der Waals surface area (Å²) < 4.78 is 36.2. The summed E-state index contributed by atoms with van der Waals surface area (Å²) in [6.45, 7) is 0.172. The number of rotatable bonds is 6. The summed E-state index contributed by atoms with van der Waals surface area (Å²) in [5.74, 6) is 1.22. The van der Waals surface area contributed by atoms with Gasteiger partial charge in [0.2, 0.25) is 5.13 Å². The minimum Gasteiger partial charge on any atom is -0.497 e. The molecule has 2 rings (SSSR count). The number of benzene rings is 1. The molecule has 0 saturated carbocycles. The van der Waals surface area contributed by atoms with Crippen molar-refractivity contribution >= 4 is 27.9 Å². The number of aromatic nitrogens is 2. The molecule has 7 nitrogen and oxygen atoms in total. The van der Waals surface area contributed by atoms with E-state index in [0.29, 0.717) is 16.6 Å². The Morgan fingerprint density at radius 2 is 2.20 bits per heavy atom. The Morgan fingerprint density at radius 1 is 1.40 bits per heavy atom. The second kappa shape index (κ2) is 6.64. The summed E-state index contributed by atoms with van der Waals surface area (Å²) in [6, 6.07) is 5.25. The maximum absolute atomic E-state index is 11.4. The molecule has 1 N–H and O–H groups in total. The van der Waals surface area contributed by atoms with Crippen molar-refractivity contribution in [1.29, 1.82) is 0 Å². The van der Waals surface area contributed by atoms with Gasteiger partial charge < -0.3 is 9.47 Å². The fourth-order valence-corrected chi connectivity index (χ4v) is 2.76. The maximum atomic E-state index is 11.4. The summed E-state index contributed by atoms with van der Waals surface area (Å²) in [7, 11) is 3.09. The van der Waals surface area contributed by atoms with Gasteiger partial charge in [-0.15, -0.1) is 0 Å². The van der Waals surface area contributed by atoms with E-state index in [1.165, 1.54) is 17.7 Å². The van der Waals surface area contributed by atoms with Gasteiger partial charge in [0.1, 0.15) is 17.8 Å². The summed E-state index contributed by atoms with van der Waals surface area (Å²) in [6.07, 6.45) is 1.34. The van der Waals surface area contributed by atoms with Crippen LogP contribution >= 0.6 is 11.5 Å². The van der Waals surface area contributed by atoms with Gasteiger partial charge in [-0.25, -0.2) is 13.5 Å². The van der Waals surface area contributed by atoms with Crippen LogP contribution in [0.3, 0.4) is 0 Å². The Labute approximate surface area is 122 Å². The van der Waals surface area contributed by atoms with Gasteiger partial charge in [-0.1, -0.05) is 0 Å². The number of hydrogen-bond acceptors (Lipinski definition) is 6. The van der Waals surface area contributed by atoms with Crippen LogP contribution in [0.2, 0.25) is 0 Å². The van der Waals surface area contributed by atoms with Crippen molar-refractivity contribution in [3.8, 4) is 11.5 Å². The standard InChI is InChI=1S/C11H13N3O4S2/c1-17-9-4-3-8(10(5-9)18-2)6-14(20(15)16)11-12-7-13-19-11/h3-5,7H,6H2,1-2H3,(H,15,16). The van der Waals surface area contributed by atoms with E-state index in [1.807, 2.05) is 0 Å². The normalized spacial score (nSPS) is 11.9. The van der Waals surface area contributed by atoms with Crippen molar-refractivity contribution in [2.75, 3.05) is 18.5 Å². The molecule has 0 spiro atoms. The van der Waals surface area contributed by atoms with Crippen molar-refractivity contribution in [3.05, 3.63) is 30.1 Å². The van der Waals surface area contributed by atoms with Crippen molar-refractivity contribution in [3.63, 3.8) is 0 Å². The van der Waals surface area contributed by atoms with Crippen molar-refractivity contribution in [1.82, 2.24) is 9.36 Å². The fraction of sp³-hybridized carbons (Fsp3) is 0.273. The van der Waals surface area contributed by atoms with Crippen LogP contribution in [0.5, 0.6) is 11.5 Å². The third kappa shape index (κ3) is 3.24. The molecule has 1 atom stereocenters. The highest BCUT2D eigenvalue weighted by molar-refractivity contribution is 7.80. The quantitative estimate of drug-likeness (QED) is 0.817. The van der Waals surface area contributed by atoms with Gasteiger partial charge in [0, 0.05) is 23.2 Å². The van der Waals surface area contributed by atoms with Crippen molar-refractivity contribution in [2.45, 2.75) is 6.54 Å². The Hall–Kier alpha value is -1.71. The third-order valence-electron chi connectivity index (χ3n) is 2.56. The van der Waals surface area contributed by atoms with E-state index in [4.69, 9.17) is 9.47 Å². The molecule has 1 unspecified atom stereocenters. The SMILES string of the molecule is COc1ccc(CN(c2ncns2)S(=O)O)c(OC)c1. The van der Waals surface area contributed by atoms with E-state index in [1.54, 1.807) is 25.3 Å². The largest absolute Gasteiger partial charge is 0.497 e. The zero-order chi connectivity index (χ0) is 14.5. The minimum atomic E-state index is -2.20. The van der Waals surface area contributed by atoms with Crippen molar-refractivity contribution in [2.24, 2.45) is 0 Å². The molecule has 9 heteroatoms. The van der Waals surface area contributed by atoms with Crippen LogP contribution in [0.4, 0.5) is 5.13 Å². The second-order valence-electron chi connectivity index (χ2n) is 3.67. The summed E-state index contributed by atoms with van der Waals surface area (Å²) in [5, 5.41) is 0.365. The van der Waals surface area contributed by atoms with Gasteiger partial charge in [0.25, 0.3) is 11.3 Å². The Morgan fingerprint density at radius 3 is 2.75 bits per heavy atom. The topological polar surface area (TPSA) is 84.8 Å². The lowest BCUT2D eigenvalue weighted by molar-refractivity contribution is 0.391. The van der Waals surface area contributed by atoms with Gasteiger partial charge in [0.15, 0.2) is 0 Å². The van der Waals surface area contributed by atoms with E-state index in [0.717, 1.165) is 17.1 Å². The molecule has 0 bridgehead atoms. The molecule has 1 heterocycles. The first-order valence-electron chi connectivity index (χ1n) is 5.51. The molecular formula is C11H13N3O4S2. The average Bonchev–Trinajstić information content (AvgIpc) is 2.98. The average molecular weight is 315 g/mol. The highest BCUT2D eigenvalue weighted by Crippen LogP contribution is 2.28. The lowest BCUT2D eigenvalue weighted by atomic mass is 10.2. The third-order valence-corrected chi connectivity index (χ3v) is 4.04. The van der Waals surface area contributed by atoms with Crippen LogP contribution < -0.4 is 13.8 Å². The molecule has 0 aliphatic rings. The number of hydrogen-bond donors (Lipinski definition) is 1. The number of anilines is 1. The highest BCUT2D eigenvalue weighted by Gasteiger charge is 2.18.